The number of aromatic nitrogens is 1. The van der Waals surface area contributed by atoms with Crippen molar-refractivity contribution in [2.75, 3.05) is 32.8 Å². The standard InChI is InChI=1S/C15H18ClN3O/c16-13-4-3-12(15-11(13)2-1-5-18-15)14(10-20)19-8-6-17-7-9-19/h1-5,14,17,20H,6-10H2. The number of hydrogen-bond acceptors (Lipinski definition) is 4. The monoisotopic (exact) mass is 291 g/mol. The zero-order valence-corrected chi connectivity index (χ0v) is 12.0. The number of aliphatic hydroxyl groups is 1. The summed E-state index contributed by atoms with van der Waals surface area (Å²) in [7, 11) is 0. The van der Waals surface area contributed by atoms with Crippen molar-refractivity contribution in [2.45, 2.75) is 6.04 Å². The smallest absolute Gasteiger partial charge is 0.0765 e. The molecule has 2 aromatic rings. The first-order valence-corrected chi connectivity index (χ1v) is 7.28. The molecule has 0 amide bonds. The summed E-state index contributed by atoms with van der Waals surface area (Å²) in [6, 6.07) is 7.72. The quantitative estimate of drug-likeness (QED) is 0.906. The number of aliphatic hydroxyl groups excluding tert-OH is 1. The Labute approximate surface area is 123 Å². The second kappa shape index (κ2) is 6.06. The van der Waals surface area contributed by atoms with E-state index in [2.05, 4.69) is 15.2 Å². The molecular formula is C15H18ClN3O. The van der Waals surface area contributed by atoms with Crippen molar-refractivity contribution in [2.24, 2.45) is 0 Å². The van der Waals surface area contributed by atoms with Gasteiger partial charge in [0.2, 0.25) is 0 Å². The first kappa shape index (κ1) is 13.8. The van der Waals surface area contributed by atoms with Crippen LogP contribution in [0.2, 0.25) is 5.02 Å². The molecule has 1 aromatic heterocycles. The van der Waals surface area contributed by atoms with E-state index in [0.717, 1.165) is 42.6 Å². The van der Waals surface area contributed by atoms with Crippen molar-refractivity contribution in [1.82, 2.24) is 15.2 Å². The van der Waals surface area contributed by atoms with Crippen LogP contribution in [0.15, 0.2) is 30.5 Å². The average molecular weight is 292 g/mol. The Bertz CT molecular complexity index is 599. The van der Waals surface area contributed by atoms with Gasteiger partial charge in [-0.3, -0.25) is 9.88 Å². The summed E-state index contributed by atoms with van der Waals surface area (Å²) < 4.78 is 0. The van der Waals surface area contributed by atoms with Crippen molar-refractivity contribution in [3.63, 3.8) is 0 Å². The maximum absolute atomic E-state index is 9.84. The SMILES string of the molecule is OCC(c1ccc(Cl)c2cccnc12)N1CCNCC1. The lowest BCUT2D eigenvalue weighted by molar-refractivity contribution is 0.111. The van der Waals surface area contributed by atoms with Crippen molar-refractivity contribution < 1.29 is 5.11 Å². The van der Waals surface area contributed by atoms with E-state index in [0.29, 0.717) is 5.02 Å². The average Bonchev–Trinajstić information content (AvgIpc) is 2.52. The van der Waals surface area contributed by atoms with E-state index >= 15 is 0 Å². The summed E-state index contributed by atoms with van der Waals surface area (Å²) in [5.41, 5.74) is 1.94. The molecular weight excluding hydrogens is 274 g/mol. The predicted octanol–water partition coefficient (Wildman–Crippen LogP) is 1.83. The zero-order valence-electron chi connectivity index (χ0n) is 11.2. The van der Waals surface area contributed by atoms with E-state index in [4.69, 9.17) is 11.6 Å². The van der Waals surface area contributed by atoms with Crippen LogP contribution in [-0.2, 0) is 0 Å². The first-order valence-electron chi connectivity index (χ1n) is 6.90. The number of halogens is 1. The van der Waals surface area contributed by atoms with E-state index in [1.54, 1.807) is 6.20 Å². The Kier molecular flexibility index (Phi) is 4.17. The Morgan fingerprint density at radius 3 is 2.85 bits per heavy atom. The highest BCUT2D eigenvalue weighted by Crippen LogP contribution is 2.31. The van der Waals surface area contributed by atoms with Crippen LogP contribution in [0.1, 0.15) is 11.6 Å². The fourth-order valence-electron chi connectivity index (χ4n) is 2.83. The van der Waals surface area contributed by atoms with Crippen molar-refractivity contribution >= 4 is 22.5 Å². The lowest BCUT2D eigenvalue weighted by Crippen LogP contribution is -2.46. The van der Waals surface area contributed by atoms with Crippen LogP contribution < -0.4 is 5.32 Å². The molecule has 1 aliphatic heterocycles. The van der Waals surface area contributed by atoms with Gasteiger partial charge in [-0.2, -0.15) is 0 Å². The lowest BCUT2D eigenvalue weighted by Gasteiger charge is -2.34. The maximum Gasteiger partial charge on any atom is 0.0765 e. The van der Waals surface area contributed by atoms with Gasteiger partial charge in [0, 0.05) is 42.8 Å². The fourth-order valence-corrected chi connectivity index (χ4v) is 3.05. The molecule has 0 radical (unpaired) electrons. The number of nitrogens with one attached hydrogen (secondary N) is 1. The number of piperazine rings is 1. The third-order valence-corrected chi connectivity index (χ3v) is 4.20. The zero-order chi connectivity index (χ0) is 13.9. The minimum atomic E-state index is -0.0215. The summed E-state index contributed by atoms with van der Waals surface area (Å²) in [5.74, 6) is 0. The number of hydrogen-bond donors (Lipinski definition) is 2. The Morgan fingerprint density at radius 1 is 1.30 bits per heavy atom. The van der Waals surface area contributed by atoms with E-state index < -0.39 is 0 Å². The number of nitrogens with zero attached hydrogens (tertiary/aromatic N) is 2. The van der Waals surface area contributed by atoms with Crippen LogP contribution in [0, 0.1) is 0 Å². The second-order valence-corrected chi connectivity index (χ2v) is 5.43. The third-order valence-electron chi connectivity index (χ3n) is 3.87. The van der Waals surface area contributed by atoms with Crippen LogP contribution in [0.5, 0.6) is 0 Å². The summed E-state index contributed by atoms with van der Waals surface area (Å²) in [6.45, 7) is 3.86. The van der Waals surface area contributed by atoms with Crippen LogP contribution in [0.3, 0.4) is 0 Å². The van der Waals surface area contributed by atoms with Crippen molar-refractivity contribution in [1.29, 1.82) is 0 Å². The molecule has 2 N–H and O–H groups in total. The highest BCUT2D eigenvalue weighted by molar-refractivity contribution is 6.35. The molecule has 1 fully saturated rings. The van der Waals surface area contributed by atoms with E-state index in [-0.39, 0.29) is 12.6 Å². The molecule has 5 heteroatoms. The molecule has 20 heavy (non-hydrogen) atoms. The molecule has 1 aromatic carbocycles. The van der Waals surface area contributed by atoms with Crippen LogP contribution >= 0.6 is 11.6 Å². The van der Waals surface area contributed by atoms with Gasteiger partial charge in [0.1, 0.15) is 0 Å². The molecule has 0 spiro atoms. The minimum Gasteiger partial charge on any atom is -0.394 e. The maximum atomic E-state index is 9.84. The second-order valence-electron chi connectivity index (χ2n) is 5.02. The van der Waals surface area contributed by atoms with Gasteiger partial charge in [-0.05, 0) is 23.8 Å². The Balaban J connectivity index is 2.05. The van der Waals surface area contributed by atoms with Crippen LogP contribution in [0.25, 0.3) is 10.9 Å². The van der Waals surface area contributed by atoms with E-state index in [1.807, 2.05) is 24.3 Å². The highest BCUT2D eigenvalue weighted by atomic mass is 35.5. The van der Waals surface area contributed by atoms with Gasteiger partial charge >= 0.3 is 0 Å². The molecule has 0 aliphatic carbocycles. The van der Waals surface area contributed by atoms with E-state index in [1.165, 1.54) is 0 Å². The fraction of sp³-hybridized carbons (Fsp3) is 0.400. The van der Waals surface area contributed by atoms with E-state index in [9.17, 15) is 5.11 Å². The number of rotatable bonds is 3. The molecule has 4 nitrogen and oxygen atoms in total. The molecule has 1 atom stereocenters. The van der Waals surface area contributed by atoms with Gasteiger partial charge in [0.05, 0.1) is 18.2 Å². The lowest BCUT2D eigenvalue weighted by atomic mass is 10.0. The van der Waals surface area contributed by atoms with Gasteiger partial charge in [-0.1, -0.05) is 17.7 Å². The van der Waals surface area contributed by atoms with Gasteiger partial charge in [-0.15, -0.1) is 0 Å². The third kappa shape index (κ3) is 2.52. The van der Waals surface area contributed by atoms with Gasteiger partial charge < -0.3 is 10.4 Å². The summed E-state index contributed by atoms with van der Waals surface area (Å²) in [5, 5.41) is 14.8. The Hall–Kier alpha value is -1.20. The normalized spacial score (nSPS) is 18.3. The predicted molar refractivity (Wildman–Crippen MR) is 81.0 cm³/mol. The molecule has 1 unspecified atom stereocenters. The summed E-state index contributed by atoms with van der Waals surface area (Å²) >= 11 is 6.24. The number of fused-ring (bicyclic) bond motifs is 1. The van der Waals surface area contributed by atoms with Crippen molar-refractivity contribution in [3.05, 3.63) is 41.0 Å². The first-order chi connectivity index (χ1) is 9.81. The van der Waals surface area contributed by atoms with Crippen LogP contribution in [-0.4, -0.2) is 47.8 Å². The largest absolute Gasteiger partial charge is 0.394 e. The molecule has 1 aliphatic rings. The van der Waals surface area contributed by atoms with Gasteiger partial charge in [0.15, 0.2) is 0 Å². The number of benzene rings is 1. The van der Waals surface area contributed by atoms with Gasteiger partial charge in [-0.25, -0.2) is 0 Å². The Morgan fingerprint density at radius 2 is 2.10 bits per heavy atom. The molecule has 1 saturated heterocycles. The molecule has 2 heterocycles. The van der Waals surface area contributed by atoms with Crippen molar-refractivity contribution in [3.8, 4) is 0 Å². The number of pyridine rings is 1. The molecule has 106 valence electrons. The molecule has 0 bridgehead atoms. The summed E-state index contributed by atoms with van der Waals surface area (Å²) in [4.78, 5) is 6.77. The molecule has 3 rings (SSSR count). The van der Waals surface area contributed by atoms with Crippen LogP contribution in [0.4, 0.5) is 0 Å². The van der Waals surface area contributed by atoms with Gasteiger partial charge in [0.25, 0.3) is 0 Å². The minimum absolute atomic E-state index is 0.0215. The molecule has 0 saturated carbocycles. The highest BCUT2D eigenvalue weighted by Gasteiger charge is 2.23. The summed E-state index contributed by atoms with van der Waals surface area (Å²) in [6.07, 6.45) is 1.77. The topological polar surface area (TPSA) is 48.4 Å².